The summed E-state index contributed by atoms with van der Waals surface area (Å²) in [7, 11) is 0. The second kappa shape index (κ2) is 6.82. The van der Waals surface area contributed by atoms with Gasteiger partial charge < -0.3 is 10.6 Å². The number of carbonyl (C=O) groups excluding carboxylic acids is 1. The summed E-state index contributed by atoms with van der Waals surface area (Å²) in [6.07, 6.45) is 6.20. The number of fused-ring (bicyclic) bond motifs is 1. The first kappa shape index (κ1) is 15.5. The smallest absolute Gasteiger partial charge is 0.222 e. The number of hydrogen-bond donors (Lipinski definition) is 1. The van der Waals surface area contributed by atoms with Crippen molar-refractivity contribution in [3.8, 4) is 0 Å². The van der Waals surface area contributed by atoms with Crippen LogP contribution in [0.25, 0.3) is 0 Å². The molecule has 1 aromatic carbocycles. The molecule has 1 fully saturated rings. The zero-order chi connectivity index (χ0) is 15.5. The van der Waals surface area contributed by atoms with E-state index in [4.69, 9.17) is 5.73 Å². The number of hydrogen-bond acceptors (Lipinski definition) is 2. The highest BCUT2D eigenvalue weighted by Crippen LogP contribution is 2.28. The monoisotopic (exact) mass is 300 g/mol. The van der Waals surface area contributed by atoms with Gasteiger partial charge in [0.25, 0.3) is 0 Å². The van der Waals surface area contributed by atoms with Crippen molar-refractivity contribution in [1.29, 1.82) is 0 Å². The van der Waals surface area contributed by atoms with Crippen molar-refractivity contribution >= 4 is 5.91 Å². The fraction of sp³-hybridized carbons (Fsp3) is 0.632. The number of likely N-dealkylation sites (tertiary alicyclic amines) is 1. The summed E-state index contributed by atoms with van der Waals surface area (Å²) in [5, 5.41) is 0. The minimum absolute atomic E-state index is 0.257. The number of aryl methyl sites for hydroxylation is 1. The number of benzene rings is 1. The van der Waals surface area contributed by atoms with Gasteiger partial charge in [-0.3, -0.25) is 4.79 Å². The average molecular weight is 300 g/mol. The lowest BCUT2D eigenvalue weighted by Gasteiger charge is -2.35. The third-order valence-corrected chi connectivity index (χ3v) is 5.55. The molecule has 1 aliphatic carbocycles. The zero-order valence-electron chi connectivity index (χ0n) is 13.6. The van der Waals surface area contributed by atoms with Crippen LogP contribution in [0.2, 0.25) is 0 Å². The van der Waals surface area contributed by atoms with E-state index in [1.807, 2.05) is 0 Å². The highest BCUT2D eigenvalue weighted by Gasteiger charge is 2.27. The van der Waals surface area contributed by atoms with Gasteiger partial charge in [-0.05, 0) is 62.0 Å². The topological polar surface area (TPSA) is 46.3 Å². The molecule has 1 aromatic rings. The summed E-state index contributed by atoms with van der Waals surface area (Å²) < 4.78 is 0. The molecule has 2 N–H and O–H groups in total. The third-order valence-electron chi connectivity index (χ3n) is 5.55. The molecule has 22 heavy (non-hydrogen) atoms. The minimum Gasteiger partial charge on any atom is -0.343 e. The molecule has 0 spiro atoms. The van der Waals surface area contributed by atoms with E-state index < -0.39 is 0 Å². The number of nitrogens with zero attached hydrogens (tertiary/aromatic N) is 1. The zero-order valence-corrected chi connectivity index (χ0v) is 13.6. The lowest BCUT2D eigenvalue weighted by atomic mass is 9.82. The number of carbonyl (C=O) groups is 1. The Kier molecular flexibility index (Phi) is 4.82. The van der Waals surface area contributed by atoms with Crippen LogP contribution < -0.4 is 5.73 Å². The molecule has 120 valence electrons. The van der Waals surface area contributed by atoms with Gasteiger partial charge in [0.15, 0.2) is 0 Å². The molecule has 1 amide bonds. The van der Waals surface area contributed by atoms with Crippen LogP contribution in [0.1, 0.15) is 43.7 Å². The van der Waals surface area contributed by atoms with E-state index >= 15 is 0 Å². The average Bonchev–Trinajstić information content (AvgIpc) is 2.55. The van der Waals surface area contributed by atoms with Gasteiger partial charge in [0, 0.05) is 25.6 Å². The Bertz CT molecular complexity index is 518. The first-order chi connectivity index (χ1) is 10.6. The third kappa shape index (κ3) is 3.52. The summed E-state index contributed by atoms with van der Waals surface area (Å²) >= 11 is 0. The van der Waals surface area contributed by atoms with Crippen molar-refractivity contribution in [2.75, 3.05) is 13.1 Å². The first-order valence-corrected chi connectivity index (χ1v) is 8.73. The maximum atomic E-state index is 12.5. The van der Waals surface area contributed by atoms with Gasteiger partial charge >= 0.3 is 0 Å². The van der Waals surface area contributed by atoms with Crippen LogP contribution in [0.5, 0.6) is 0 Å². The summed E-state index contributed by atoms with van der Waals surface area (Å²) in [5.41, 5.74) is 8.90. The summed E-state index contributed by atoms with van der Waals surface area (Å²) in [6, 6.07) is 8.94. The number of rotatable bonds is 3. The van der Waals surface area contributed by atoms with Crippen LogP contribution in [0, 0.1) is 11.8 Å². The van der Waals surface area contributed by atoms with Crippen LogP contribution in [0.15, 0.2) is 24.3 Å². The lowest BCUT2D eigenvalue weighted by Crippen LogP contribution is -2.43. The van der Waals surface area contributed by atoms with Gasteiger partial charge in [-0.2, -0.15) is 0 Å². The number of amides is 1. The Balaban J connectivity index is 1.51. The van der Waals surface area contributed by atoms with Gasteiger partial charge in [0.2, 0.25) is 5.91 Å². The molecular formula is C19H28N2O. The van der Waals surface area contributed by atoms with Crippen molar-refractivity contribution < 1.29 is 4.79 Å². The number of nitrogens with two attached hydrogens (primary N) is 1. The minimum atomic E-state index is 0.257. The molecule has 0 radical (unpaired) electrons. The van der Waals surface area contributed by atoms with Crippen LogP contribution in [-0.2, 0) is 17.6 Å². The lowest BCUT2D eigenvalue weighted by molar-refractivity contribution is -0.133. The Morgan fingerprint density at radius 3 is 2.59 bits per heavy atom. The van der Waals surface area contributed by atoms with Gasteiger partial charge in [-0.25, -0.2) is 0 Å². The Morgan fingerprint density at radius 1 is 1.23 bits per heavy atom. The molecule has 1 aliphatic heterocycles. The Morgan fingerprint density at radius 2 is 1.91 bits per heavy atom. The molecule has 0 aromatic heterocycles. The van der Waals surface area contributed by atoms with Gasteiger partial charge in [-0.15, -0.1) is 0 Å². The molecule has 2 aliphatic rings. The van der Waals surface area contributed by atoms with Gasteiger partial charge in [0.1, 0.15) is 0 Å². The van der Waals surface area contributed by atoms with Crippen LogP contribution in [0.4, 0.5) is 0 Å². The van der Waals surface area contributed by atoms with E-state index in [-0.39, 0.29) is 6.04 Å². The van der Waals surface area contributed by atoms with Crippen LogP contribution >= 0.6 is 0 Å². The largest absolute Gasteiger partial charge is 0.343 e. The van der Waals surface area contributed by atoms with E-state index in [2.05, 4.69) is 36.1 Å². The summed E-state index contributed by atoms with van der Waals surface area (Å²) in [4.78, 5) is 14.6. The maximum absolute atomic E-state index is 12.5. The first-order valence-electron chi connectivity index (χ1n) is 8.73. The normalized spacial score (nSPS) is 23.9. The van der Waals surface area contributed by atoms with E-state index in [1.54, 1.807) is 0 Å². The van der Waals surface area contributed by atoms with Crippen molar-refractivity contribution in [2.24, 2.45) is 17.6 Å². The molecule has 2 unspecified atom stereocenters. The van der Waals surface area contributed by atoms with Crippen LogP contribution in [0.3, 0.4) is 0 Å². The fourth-order valence-corrected chi connectivity index (χ4v) is 4.00. The predicted octanol–water partition coefficient (Wildman–Crippen LogP) is 2.77. The van der Waals surface area contributed by atoms with Crippen LogP contribution in [-0.4, -0.2) is 29.9 Å². The highest BCUT2D eigenvalue weighted by molar-refractivity contribution is 5.76. The van der Waals surface area contributed by atoms with E-state index in [1.165, 1.54) is 11.1 Å². The van der Waals surface area contributed by atoms with E-state index in [0.29, 0.717) is 17.7 Å². The molecule has 1 saturated heterocycles. The molecular weight excluding hydrogens is 272 g/mol. The summed E-state index contributed by atoms with van der Waals surface area (Å²) in [6.45, 7) is 3.88. The molecule has 1 heterocycles. The molecule has 3 nitrogen and oxygen atoms in total. The van der Waals surface area contributed by atoms with E-state index in [9.17, 15) is 4.79 Å². The van der Waals surface area contributed by atoms with Crippen molar-refractivity contribution in [2.45, 2.75) is 51.5 Å². The van der Waals surface area contributed by atoms with Crippen molar-refractivity contribution in [3.63, 3.8) is 0 Å². The molecule has 2 atom stereocenters. The number of piperidine rings is 1. The highest BCUT2D eigenvalue weighted by atomic mass is 16.2. The second-order valence-electron chi connectivity index (χ2n) is 7.16. The predicted molar refractivity (Wildman–Crippen MR) is 89.5 cm³/mol. The molecule has 0 bridgehead atoms. The molecule has 3 rings (SSSR count). The Labute approximate surface area is 133 Å². The Hall–Kier alpha value is -1.35. The molecule has 3 heteroatoms. The SMILES string of the molecule is CC(N)C1CCN(C(=O)CC2CCc3ccccc3C2)CC1. The maximum Gasteiger partial charge on any atom is 0.222 e. The van der Waals surface area contributed by atoms with Gasteiger partial charge in [-0.1, -0.05) is 24.3 Å². The molecule has 0 saturated carbocycles. The standard InChI is InChI=1S/C19H28N2O/c1-14(20)16-8-10-21(11-9-16)19(22)13-15-6-7-17-4-2-3-5-18(17)12-15/h2-5,14-16H,6-13,20H2,1H3. The van der Waals surface area contributed by atoms with Gasteiger partial charge in [0.05, 0.1) is 0 Å². The van der Waals surface area contributed by atoms with E-state index in [0.717, 1.165) is 51.6 Å². The second-order valence-corrected chi connectivity index (χ2v) is 7.16. The fourth-order valence-electron chi connectivity index (χ4n) is 4.00. The summed E-state index contributed by atoms with van der Waals surface area (Å²) in [5.74, 6) is 1.46. The quantitative estimate of drug-likeness (QED) is 0.933. The van der Waals surface area contributed by atoms with Crippen molar-refractivity contribution in [3.05, 3.63) is 35.4 Å². The van der Waals surface area contributed by atoms with Crippen molar-refractivity contribution in [1.82, 2.24) is 4.90 Å².